The molecule has 12 heavy (non-hydrogen) atoms. The largest absolute Gasteiger partial charge is 0.411 e. The summed E-state index contributed by atoms with van der Waals surface area (Å²) in [5.41, 5.74) is 4.53. The van der Waals surface area contributed by atoms with Gasteiger partial charge in [-0.3, -0.25) is 0 Å². The van der Waals surface area contributed by atoms with Crippen molar-refractivity contribution in [3.05, 3.63) is 34.4 Å². The molecule has 0 atom stereocenters. The SMILES string of the molecule is Cc1cc(C)c(/C=N/O)c(C)c1. The van der Waals surface area contributed by atoms with Crippen LogP contribution in [0.15, 0.2) is 17.3 Å². The monoisotopic (exact) mass is 163 g/mol. The first-order valence-corrected chi connectivity index (χ1v) is 3.90. The van der Waals surface area contributed by atoms with E-state index >= 15 is 0 Å². The van der Waals surface area contributed by atoms with E-state index in [2.05, 4.69) is 24.2 Å². The van der Waals surface area contributed by atoms with Crippen LogP contribution in [0.4, 0.5) is 0 Å². The Kier molecular flexibility index (Phi) is 2.48. The predicted molar refractivity (Wildman–Crippen MR) is 50.0 cm³/mol. The Bertz CT molecular complexity index is 293. The third-order valence-electron chi connectivity index (χ3n) is 1.92. The first-order valence-electron chi connectivity index (χ1n) is 3.90. The van der Waals surface area contributed by atoms with E-state index in [4.69, 9.17) is 5.21 Å². The van der Waals surface area contributed by atoms with Crippen LogP contribution in [-0.2, 0) is 0 Å². The lowest BCUT2D eigenvalue weighted by atomic mass is 10.0. The van der Waals surface area contributed by atoms with Gasteiger partial charge in [0, 0.05) is 5.56 Å². The Hall–Kier alpha value is -1.31. The summed E-state index contributed by atoms with van der Waals surface area (Å²) in [6.07, 6.45) is 1.48. The van der Waals surface area contributed by atoms with Crippen LogP contribution in [0.5, 0.6) is 0 Å². The Morgan fingerprint density at radius 3 is 2.08 bits per heavy atom. The van der Waals surface area contributed by atoms with Gasteiger partial charge in [-0.2, -0.15) is 0 Å². The zero-order chi connectivity index (χ0) is 9.14. The van der Waals surface area contributed by atoms with Crippen molar-refractivity contribution < 1.29 is 5.21 Å². The molecule has 2 heteroatoms. The Morgan fingerprint density at radius 2 is 1.67 bits per heavy atom. The van der Waals surface area contributed by atoms with Crippen LogP contribution in [0, 0.1) is 20.8 Å². The minimum atomic E-state index is 1.00. The Morgan fingerprint density at radius 1 is 1.17 bits per heavy atom. The van der Waals surface area contributed by atoms with Crippen LogP contribution < -0.4 is 0 Å². The molecule has 1 N–H and O–H groups in total. The molecule has 0 fully saturated rings. The van der Waals surface area contributed by atoms with E-state index < -0.39 is 0 Å². The molecule has 0 bridgehead atoms. The van der Waals surface area contributed by atoms with Crippen molar-refractivity contribution in [2.45, 2.75) is 20.8 Å². The summed E-state index contributed by atoms with van der Waals surface area (Å²) >= 11 is 0. The van der Waals surface area contributed by atoms with Crippen LogP contribution >= 0.6 is 0 Å². The van der Waals surface area contributed by atoms with Crippen LogP contribution in [-0.4, -0.2) is 11.4 Å². The van der Waals surface area contributed by atoms with Gasteiger partial charge in [0.05, 0.1) is 6.21 Å². The molecule has 0 aliphatic heterocycles. The minimum absolute atomic E-state index is 1.00. The molecule has 0 aliphatic carbocycles. The van der Waals surface area contributed by atoms with E-state index in [0.29, 0.717) is 0 Å². The molecule has 0 saturated carbocycles. The average Bonchev–Trinajstić information content (AvgIpc) is 1.96. The fraction of sp³-hybridized carbons (Fsp3) is 0.300. The van der Waals surface area contributed by atoms with Gasteiger partial charge in [0.2, 0.25) is 0 Å². The second-order valence-electron chi connectivity index (χ2n) is 3.06. The topological polar surface area (TPSA) is 32.6 Å². The highest BCUT2D eigenvalue weighted by atomic mass is 16.4. The molecule has 0 amide bonds. The number of benzene rings is 1. The van der Waals surface area contributed by atoms with Crippen LogP contribution in [0.3, 0.4) is 0 Å². The first kappa shape index (κ1) is 8.78. The van der Waals surface area contributed by atoms with E-state index in [1.165, 1.54) is 11.8 Å². The third kappa shape index (κ3) is 1.64. The fourth-order valence-electron chi connectivity index (χ4n) is 1.45. The van der Waals surface area contributed by atoms with Gasteiger partial charge < -0.3 is 5.21 Å². The molecular weight excluding hydrogens is 150 g/mol. The van der Waals surface area contributed by atoms with Gasteiger partial charge in [-0.1, -0.05) is 22.9 Å². The van der Waals surface area contributed by atoms with Crippen LogP contribution in [0.1, 0.15) is 22.3 Å². The molecule has 0 aliphatic rings. The van der Waals surface area contributed by atoms with Crippen molar-refractivity contribution in [1.29, 1.82) is 0 Å². The molecule has 0 unspecified atom stereocenters. The molecule has 0 spiro atoms. The molecule has 1 aromatic carbocycles. The summed E-state index contributed by atoms with van der Waals surface area (Å²) in [4.78, 5) is 0. The maximum absolute atomic E-state index is 8.41. The van der Waals surface area contributed by atoms with Crippen molar-refractivity contribution in [2.75, 3.05) is 0 Å². The molecule has 2 nitrogen and oxygen atoms in total. The van der Waals surface area contributed by atoms with Gasteiger partial charge in [-0.25, -0.2) is 0 Å². The molecule has 1 rings (SSSR count). The fourth-order valence-corrected chi connectivity index (χ4v) is 1.45. The lowest BCUT2D eigenvalue weighted by molar-refractivity contribution is 0.322. The summed E-state index contributed by atoms with van der Waals surface area (Å²) in [6, 6.07) is 4.15. The van der Waals surface area contributed by atoms with Crippen LogP contribution in [0.25, 0.3) is 0 Å². The number of oxime groups is 1. The molecule has 0 heterocycles. The standard InChI is InChI=1S/C10H13NO/c1-7-4-8(2)10(6-11-12)9(3)5-7/h4-6,12H,1-3H3/b11-6+. The average molecular weight is 163 g/mol. The van der Waals surface area contributed by atoms with Crippen molar-refractivity contribution >= 4 is 6.21 Å². The van der Waals surface area contributed by atoms with Gasteiger partial charge in [-0.15, -0.1) is 0 Å². The molecule has 0 radical (unpaired) electrons. The molecule has 64 valence electrons. The number of nitrogens with zero attached hydrogens (tertiary/aromatic N) is 1. The second-order valence-corrected chi connectivity index (χ2v) is 3.06. The molecular formula is C10H13NO. The smallest absolute Gasteiger partial charge is 0.0739 e. The summed E-state index contributed by atoms with van der Waals surface area (Å²) in [7, 11) is 0. The zero-order valence-electron chi connectivity index (χ0n) is 7.63. The highest BCUT2D eigenvalue weighted by molar-refractivity contribution is 5.83. The molecule has 0 aromatic heterocycles. The number of rotatable bonds is 1. The van der Waals surface area contributed by atoms with Crippen LogP contribution in [0.2, 0.25) is 0 Å². The van der Waals surface area contributed by atoms with Gasteiger partial charge >= 0.3 is 0 Å². The number of aryl methyl sites for hydroxylation is 3. The maximum Gasteiger partial charge on any atom is 0.0739 e. The van der Waals surface area contributed by atoms with E-state index in [-0.39, 0.29) is 0 Å². The number of hydrogen-bond acceptors (Lipinski definition) is 2. The van der Waals surface area contributed by atoms with Gasteiger partial charge in [0.25, 0.3) is 0 Å². The Labute approximate surface area is 72.5 Å². The summed E-state index contributed by atoms with van der Waals surface area (Å²) in [5.74, 6) is 0. The van der Waals surface area contributed by atoms with E-state index in [0.717, 1.165) is 16.7 Å². The van der Waals surface area contributed by atoms with E-state index in [1.54, 1.807) is 0 Å². The quantitative estimate of drug-likeness (QED) is 0.385. The summed E-state index contributed by atoms with van der Waals surface area (Å²) < 4.78 is 0. The lowest BCUT2D eigenvalue weighted by Gasteiger charge is -2.05. The van der Waals surface area contributed by atoms with Crippen molar-refractivity contribution in [3.63, 3.8) is 0 Å². The molecule has 1 aromatic rings. The first-order chi connectivity index (χ1) is 5.65. The normalized spacial score (nSPS) is 10.9. The summed E-state index contributed by atoms with van der Waals surface area (Å²) in [5, 5.41) is 11.4. The number of hydrogen-bond donors (Lipinski definition) is 1. The van der Waals surface area contributed by atoms with Gasteiger partial charge in [0.15, 0.2) is 0 Å². The van der Waals surface area contributed by atoms with E-state index in [1.807, 2.05) is 13.8 Å². The summed E-state index contributed by atoms with van der Waals surface area (Å²) in [6.45, 7) is 6.08. The predicted octanol–water partition coefficient (Wildman–Crippen LogP) is 2.42. The van der Waals surface area contributed by atoms with Crippen molar-refractivity contribution in [2.24, 2.45) is 5.16 Å². The van der Waals surface area contributed by atoms with E-state index in [9.17, 15) is 0 Å². The van der Waals surface area contributed by atoms with Crippen molar-refractivity contribution in [3.8, 4) is 0 Å². The maximum atomic E-state index is 8.41. The third-order valence-corrected chi connectivity index (χ3v) is 1.92. The van der Waals surface area contributed by atoms with Crippen molar-refractivity contribution in [1.82, 2.24) is 0 Å². The zero-order valence-corrected chi connectivity index (χ0v) is 7.63. The second kappa shape index (κ2) is 3.39. The molecule has 0 saturated heterocycles. The van der Waals surface area contributed by atoms with Gasteiger partial charge in [-0.05, 0) is 31.9 Å². The van der Waals surface area contributed by atoms with Gasteiger partial charge in [0.1, 0.15) is 0 Å². The Balaban J connectivity index is 3.28. The highest BCUT2D eigenvalue weighted by Crippen LogP contribution is 2.13. The minimum Gasteiger partial charge on any atom is -0.411 e. The lowest BCUT2D eigenvalue weighted by Crippen LogP contribution is -1.93. The highest BCUT2D eigenvalue weighted by Gasteiger charge is 2.00.